The van der Waals surface area contributed by atoms with Crippen molar-refractivity contribution in [2.45, 2.75) is 30.4 Å². The molecule has 3 rings (SSSR count). The highest BCUT2D eigenvalue weighted by Crippen LogP contribution is 2.23. The van der Waals surface area contributed by atoms with Crippen LogP contribution < -0.4 is 0 Å². The number of halogens is 3. The van der Waals surface area contributed by atoms with Crippen molar-refractivity contribution in [3.05, 3.63) is 65.5 Å². The van der Waals surface area contributed by atoms with Gasteiger partial charge in [0.25, 0.3) is 0 Å². The smallest absolute Gasteiger partial charge is 0.243 e. The molecular weight excluding hydrogens is 367 g/mol. The molecule has 1 atom stereocenters. The first-order chi connectivity index (χ1) is 12.3. The largest absolute Gasteiger partial charge is 0.372 e. The number of piperidine rings is 1. The lowest BCUT2D eigenvalue weighted by atomic mass is 10.1. The molecule has 0 spiro atoms. The number of hydrogen-bond acceptors (Lipinski definition) is 3. The summed E-state index contributed by atoms with van der Waals surface area (Å²) in [5.74, 6) is -1.88. The summed E-state index contributed by atoms with van der Waals surface area (Å²) in [5, 5.41) is 0. The summed E-state index contributed by atoms with van der Waals surface area (Å²) >= 11 is 0. The van der Waals surface area contributed by atoms with Crippen LogP contribution in [0.3, 0.4) is 0 Å². The number of nitrogens with zero attached hydrogens (tertiary/aromatic N) is 1. The fraction of sp³-hybridized carbons (Fsp3) is 0.333. The van der Waals surface area contributed by atoms with E-state index in [9.17, 15) is 21.6 Å². The lowest BCUT2D eigenvalue weighted by Crippen LogP contribution is -2.43. The van der Waals surface area contributed by atoms with Gasteiger partial charge in [-0.1, -0.05) is 0 Å². The van der Waals surface area contributed by atoms with Crippen LogP contribution in [0, 0.1) is 17.5 Å². The van der Waals surface area contributed by atoms with Gasteiger partial charge in [0.2, 0.25) is 10.0 Å². The Bertz CT molecular complexity index is 852. The molecule has 0 aliphatic carbocycles. The van der Waals surface area contributed by atoms with Crippen molar-refractivity contribution in [1.29, 1.82) is 0 Å². The predicted molar refractivity (Wildman–Crippen MR) is 89.3 cm³/mol. The molecule has 0 saturated carbocycles. The van der Waals surface area contributed by atoms with Crippen LogP contribution in [0.2, 0.25) is 0 Å². The van der Waals surface area contributed by atoms with Gasteiger partial charge in [-0.3, -0.25) is 0 Å². The van der Waals surface area contributed by atoms with Crippen molar-refractivity contribution in [1.82, 2.24) is 4.31 Å². The standard InChI is InChI=1S/C18H18F3NO3S/c19-14-3-5-18(6-4-14)26(23,24)22-7-1-2-17(11-22)25-12-13-8-15(20)10-16(21)9-13/h3-6,8-10,17H,1-2,7,11-12H2. The van der Waals surface area contributed by atoms with Crippen molar-refractivity contribution in [2.24, 2.45) is 0 Å². The van der Waals surface area contributed by atoms with Crippen LogP contribution in [0.25, 0.3) is 0 Å². The maximum absolute atomic E-state index is 13.2. The van der Waals surface area contributed by atoms with E-state index in [1.54, 1.807) is 0 Å². The molecule has 0 N–H and O–H groups in total. The Labute approximate surface area is 150 Å². The van der Waals surface area contributed by atoms with Gasteiger partial charge >= 0.3 is 0 Å². The van der Waals surface area contributed by atoms with Crippen LogP contribution in [-0.2, 0) is 21.4 Å². The second kappa shape index (κ2) is 7.77. The fourth-order valence-electron chi connectivity index (χ4n) is 2.92. The van der Waals surface area contributed by atoms with Gasteiger partial charge in [0.15, 0.2) is 0 Å². The Hall–Kier alpha value is -1.90. The first-order valence-corrected chi connectivity index (χ1v) is 9.61. The number of rotatable bonds is 5. The summed E-state index contributed by atoms with van der Waals surface area (Å²) in [6.45, 7) is 0.468. The van der Waals surface area contributed by atoms with E-state index in [-0.39, 0.29) is 24.2 Å². The van der Waals surface area contributed by atoms with Crippen LogP contribution in [0.1, 0.15) is 18.4 Å². The van der Waals surface area contributed by atoms with Gasteiger partial charge in [0, 0.05) is 19.2 Å². The van der Waals surface area contributed by atoms with Crippen molar-refractivity contribution in [2.75, 3.05) is 13.1 Å². The Morgan fingerprint density at radius 2 is 1.65 bits per heavy atom. The zero-order chi connectivity index (χ0) is 18.7. The molecule has 0 amide bonds. The maximum atomic E-state index is 13.2. The van der Waals surface area contributed by atoms with Crippen LogP contribution in [0.4, 0.5) is 13.2 Å². The Kier molecular flexibility index (Phi) is 5.64. The average Bonchev–Trinajstić information content (AvgIpc) is 2.60. The number of ether oxygens (including phenoxy) is 1. The first kappa shape index (κ1) is 18.9. The Morgan fingerprint density at radius 1 is 1.00 bits per heavy atom. The third-order valence-corrected chi connectivity index (χ3v) is 6.08. The minimum absolute atomic E-state index is 0.0101. The predicted octanol–water partition coefficient (Wildman–Crippen LogP) is 3.47. The minimum Gasteiger partial charge on any atom is -0.372 e. The second-order valence-electron chi connectivity index (χ2n) is 6.17. The van der Waals surface area contributed by atoms with Gasteiger partial charge in [-0.2, -0.15) is 4.31 Å². The van der Waals surface area contributed by atoms with Crippen LogP contribution in [0.15, 0.2) is 47.4 Å². The van der Waals surface area contributed by atoms with Crippen molar-refractivity contribution in [3.63, 3.8) is 0 Å². The molecule has 4 nitrogen and oxygen atoms in total. The molecule has 1 fully saturated rings. The lowest BCUT2D eigenvalue weighted by molar-refractivity contribution is 0.00792. The molecular formula is C18H18F3NO3S. The molecule has 1 saturated heterocycles. The van der Waals surface area contributed by atoms with E-state index in [4.69, 9.17) is 4.74 Å². The third-order valence-electron chi connectivity index (χ3n) is 4.20. The van der Waals surface area contributed by atoms with E-state index in [0.717, 1.165) is 18.2 Å². The molecule has 1 unspecified atom stereocenters. The van der Waals surface area contributed by atoms with Crippen LogP contribution in [-0.4, -0.2) is 31.9 Å². The van der Waals surface area contributed by atoms with Gasteiger partial charge < -0.3 is 4.74 Å². The molecule has 26 heavy (non-hydrogen) atoms. The number of benzene rings is 2. The first-order valence-electron chi connectivity index (χ1n) is 8.17. The van der Waals surface area contributed by atoms with E-state index >= 15 is 0 Å². The van der Waals surface area contributed by atoms with Gasteiger partial charge in [-0.15, -0.1) is 0 Å². The maximum Gasteiger partial charge on any atom is 0.243 e. The van der Waals surface area contributed by atoms with Crippen molar-refractivity contribution >= 4 is 10.0 Å². The summed E-state index contributed by atoms with van der Waals surface area (Å²) in [4.78, 5) is 0.0201. The SMILES string of the molecule is O=S(=O)(c1ccc(F)cc1)N1CCCC(OCc2cc(F)cc(F)c2)C1. The van der Waals surface area contributed by atoms with Gasteiger partial charge in [0.1, 0.15) is 17.5 Å². The van der Waals surface area contributed by atoms with Crippen LogP contribution in [0.5, 0.6) is 0 Å². The van der Waals surface area contributed by atoms with Crippen molar-refractivity contribution < 1.29 is 26.3 Å². The van der Waals surface area contributed by atoms with E-state index in [0.29, 0.717) is 24.9 Å². The van der Waals surface area contributed by atoms with E-state index in [2.05, 4.69) is 0 Å². The Balaban J connectivity index is 1.66. The lowest BCUT2D eigenvalue weighted by Gasteiger charge is -2.31. The molecule has 0 aromatic heterocycles. The highest BCUT2D eigenvalue weighted by atomic mass is 32.2. The van der Waals surface area contributed by atoms with Crippen molar-refractivity contribution in [3.8, 4) is 0 Å². The normalized spacial score (nSPS) is 18.8. The topological polar surface area (TPSA) is 46.6 Å². The summed E-state index contributed by atoms with van der Waals surface area (Å²) < 4.78 is 71.7. The summed E-state index contributed by atoms with van der Waals surface area (Å²) in [7, 11) is -3.74. The summed E-state index contributed by atoms with van der Waals surface area (Å²) in [6, 6.07) is 7.79. The van der Waals surface area contributed by atoms with Crippen LogP contribution >= 0.6 is 0 Å². The number of hydrogen-bond donors (Lipinski definition) is 0. The molecule has 2 aromatic rings. The number of sulfonamides is 1. The molecule has 1 aliphatic heterocycles. The second-order valence-corrected chi connectivity index (χ2v) is 8.11. The average molecular weight is 385 g/mol. The highest BCUT2D eigenvalue weighted by Gasteiger charge is 2.30. The Morgan fingerprint density at radius 3 is 2.31 bits per heavy atom. The molecule has 1 aliphatic rings. The van der Waals surface area contributed by atoms with Gasteiger partial charge in [-0.05, 0) is 54.8 Å². The van der Waals surface area contributed by atoms with E-state index in [1.807, 2.05) is 0 Å². The third kappa shape index (κ3) is 4.44. The van der Waals surface area contributed by atoms with Gasteiger partial charge in [-0.25, -0.2) is 21.6 Å². The zero-order valence-corrected chi connectivity index (χ0v) is 14.7. The fourth-order valence-corrected chi connectivity index (χ4v) is 4.43. The highest BCUT2D eigenvalue weighted by molar-refractivity contribution is 7.89. The summed E-state index contributed by atoms with van der Waals surface area (Å²) in [5.41, 5.74) is 0.348. The molecule has 0 bridgehead atoms. The monoisotopic (exact) mass is 385 g/mol. The molecule has 2 aromatic carbocycles. The molecule has 1 heterocycles. The molecule has 8 heteroatoms. The quantitative estimate of drug-likeness (QED) is 0.792. The molecule has 140 valence electrons. The minimum atomic E-state index is -3.74. The molecule has 0 radical (unpaired) electrons. The summed E-state index contributed by atoms with van der Waals surface area (Å²) in [6.07, 6.45) is 0.862. The zero-order valence-electron chi connectivity index (χ0n) is 13.9. The van der Waals surface area contributed by atoms with E-state index in [1.165, 1.54) is 28.6 Å². The van der Waals surface area contributed by atoms with Gasteiger partial charge in [0.05, 0.1) is 17.6 Å². The van der Waals surface area contributed by atoms with E-state index < -0.39 is 27.5 Å².